The van der Waals surface area contributed by atoms with E-state index in [0.717, 1.165) is 23.1 Å². The van der Waals surface area contributed by atoms with Gasteiger partial charge in [-0.3, -0.25) is 4.79 Å². The average molecular weight is 427 g/mol. The number of ether oxygens (including phenoxy) is 1. The van der Waals surface area contributed by atoms with Gasteiger partial charge in [0.05, 0.1) is 12.0 Å². The molecule has 4 rings (SSSR count). The number of para-hydroxylation sites is 1. The summed E-state index contributed by atoms with van der Waals surface area (Å²) in [5.74, 6) is 0.738. The Morgan fingerprint density at radius 3 is 2.63 bits per heavy atom. The van der Waals surface area contributed by atoms with Crippen molar-refractivity contribution < 1.29 is 17.9 Å². The van der Waals surface area contributed by atoms with Crippen LogP contribution in [0.3, 0.4) is 0 Å². The van der Waals surface area contributed by atoms with Crippen LogP contribution in [0.5, 0.6) is 5.75 Å². The highest BCUT2D eigenvalue weighted by atomic mass is 32.2. The van der Waals surface area contributed by atoms with Crippen molar-refractivity contribution in [2.24, 2.45) is 5.41 Å². The van der Waals surface area contributed by atoms with E-state index in [1.165, 1.54) is 0 Å². The zero-order valence-corrected chi connectivity index (χ0v) is 18.4. The number of ketones is 1. The number of nitrogens with one attached hydrogen (secondary N) is 2. The maximum Gasteiger partial charge on any atom is 0.241 e. The molecular formula is C23H26N2O4S. The lowest BCUT2D eigenvalue weighted by Crippen LogP contribution is -2.26. The molecule has 2 N–H and O–H groups in total. The first-order valence-electron chi connectivity index (χ1n) is 9.91. The first-order valence-corrected chi connectivity index (χ1v) is 11.4. The highest BCUT2D eigenvalue weighted by Gasteiger charge is 2.34. The van der Waals surface area contributed by atoms with Crippen molar-refractivity contribution in [2.75, 3.05) is 7.11 Å². The molecule has 7 heteroatoms. The average Bonchev–Trinajstić information content (AvgIpc) is 3.01. The number of methoxy groups -OCH3 is 1. The minimum absolute atomic E-state index is 0.106. The fourth-order valence-corrected chi connectivity index (χ4v) is 5.55. The van der Waals surface area contributed by atoms with E-state index in [4.69, 9.17) is 4.74 Å². The van der Waals surface area contributed by atoms with Crippen LogP contribution in [-0.2, 0) is 23.0 Å². The van der Waals surface area contributed by atoms with Crippen LogP contribution in [0.25, 0.3) is 10.9 Å². The van der Waals surface area contributed by atoms with Gasteiger partial charge in [0.25, 0.3) is 0 Å². The number of Topliss-reactive ketones (excluding diaryl/α,β-unsaturated/α-hetero) is 1. The fourth-order valence-electron chi connectivity index (χ4n) is 4.29. The smallest absolute Gasteiger partial charge is 0.241 e. The number of aromatic amines is 1. The maximum absolute atomic E-state index is 13.0. The summed E-state index contributed by atoms with van der Waals surface area (Å²) in [6.07, 6.45) is 1.25. The van der Waals surface area contributed by atoms with Crippen LogP contribution in [0.4, 0.5) is 0 Å². The van der Waals surface area contributed by atoms with E-state index in [9.17, 15) is 13.2 Å². The molecule has 0 unspecified atom stereocenters. The Bertz CT molecular complexity index is 1260. The van der Waals surface area contributed by atoms with Gasteiger partial charge in [-0.05, 0) is 42.5 Å². The summed E-state index contributed by atoms with van der Waals surface area (Å²) in [5, 5.41) is 0.798. The summed E-state index contributed by atoms with van der Waals surface area (Å²) in [7, 11) is -2.20. The molecule has 0 saturated heterocycles. The van der Waals surface area contributed by atoms with Crippen molar-refractivity contribution in [3.8, 4) is 5.75 Å². The number of rotatable bonds is 5. The number of fused-ring (bicyclic) bond motifs is 3. The molecule has 1 aliphatic rings. The Kier molecular flexibility index (Phi) is 4.98. The lowest BCUT2D eigenvalue weighted by Gasteiger charge is -2.28. The predicted octanol–water partition coefficient (Wildman–Crippen LogP) is 4.12. The second kappa shape index (κ2) is 7.25. The molecule has 2 aromatic carbocycles. The predicted molar refractivity (Wildman–Crippen MR) is 116 cm³/mol. The van der Waals surface area contributed by atoms with E-state index in [0.29, 0.717) is 28.8 Å². The highest BCUT2D eigenvalue weighted by molar-refractivity contribution is 7.89. The second-order valence-electron chi connectivity index (χ2n) is 8.72. The normalized spacial score (nSPS) is 15.9. The molecule has 0 bridgehead atoms. The minimum atomic E-state index is -3.75. The van der Waals surface area contributed by atoms with Crippen molar-refractivity contribution in [2.45, 2.75) is 45.1 Å². The molecule has 0 saturated carbocycles. The molecule has 0 radical (unpaired) electrons. The minimum Gasteiger partial charge on any atom is -0.496 e. The molecule has 0 spiro atoms. The van der Waals surface area contributed by atoms with E-state index in [2.05, 4.69) is 23.6 Å². The summed E-state index contributed by atoms with van der Waals surface area (Å²) in [6, 6.07) is 10.7. The number of H-pyrrole nitrogens is 1. The summed E-state index contributed by atoms with van der Waals surface area (Å²) < 4.78 is 34.1. The van der Waals surface area contributed by atoms with Crippen LogP contribution >= 0.6 is 0 Å². The lowest BCUT2D eigenvalue weighted by molar-refractivity contribution is 0.0913. The van der Waals surface area contributed by atoms with Gasteiger partial charge in [-0.15, -0.1) is 0 Å². The molecule has 0 amide bonds. The number of aromatic nitrogens is 1. The number of hydrogen-bond acceptors (Lipinski definition) is 4. The van der Waals surface area contributed by atoms with Gasteiger partial charge in [-0.2, -0.15) is 0 Å². The summed E-state index contributed by atoms with van der Waals surface area (Å²) >= 11 is 0. The topological polar surface area (TPSA) is 88.3 Å². The molecule has 0 fully saturated rings. The number of carbonyl (C=O) groups excluding carboxylic acids is 1. The molecule has 0 atom stereocenters. The number of carbonyl (C=O) groups is 1. The van der Waals surface area contributed by atoms with Gasteiger partial charge in [0.15, 0.2) is 5.78 Å². The maximum atomic E-state index is 13.0. The molecule has 1 aromatic heterocycles. The van der Waals surface area contributed by atoms with Crippen molar-refractivity contribution in [1.82, 2.24) is 9.71 Å². The quantitative estimate of drug-likeness (QED) is 0.642. The monoisotopic (exact) mass is 426 g/mol. The third-order valence-corrected chi connectivity index (χ3v) is 7.22. The Morgan fingerprint density at radius 1 is 1.17 bits per heavy atom. The van der Waals surface area contributed by atoms with E-state index in [1.807, 2.05) is 18.2 Å². The Hall–Kier alpha value is -2.64. The van der Waals surface area contributed by atoms with Gasteiger partial charge < -0.3 is 9.72 Å². The molecule has 6 nitrogen and oxygen atoms in total. The van der Waals surface area contributed by atoms with Gasteiger partial charge in [0.2, 0.25) is 10.0 Å². The SMILES string of the molecule is COc1ccccc1CNS(=O)(=O)c1cc2[nH]c3c(c2cc1C)C(=O)CC(C)(C)C3. The number of hydrogen-bond donors (Lipinski definition) is 2. The van der Waals surface area contributed by atoms with Crippen LogP contribution < -0.4 is 9.46 Å². The van der Waals surface area contributed by atoms with E-state index in [1.54, 1.807) is 32.2 Å². The lowest BCUT2D eigenvalue weighted by atomic mass is 9.76. The first-order chi connectivity index (χ1) is 14.1. The van der Waals surface area contributed by atoms with Gasteiger partial charge in [0, 0.05) is 40.7 Å². The molecule has 3 aromatic rings. The van der Waals surface area contributed by atoms with Crippen molar-refractivity contribution in [3.05, 3.63) is 58.8 Å². The van der Waals surface area contributed by atoms with Crippen LogP contribution in [0.15, 0.2) is 41.3 Å². The summed E-state index contributed by atoms with van der Waals surface area (Å²) in [6.45, 7) is 6.02. The second-order valence-corrected chi connectivity index (χ2v) is 10.5. The van der Waals surface area contributed by atoms with Gasteiger partial charge in [-0.25, -0.2) is 13.1 Å². The molecular weight excluding hydrogens is 400 g/mol. The molecule has 0 aliphatic heterocycles. The fraction of sp³-hybridized carbons (Fsp3) is 0.348. The van der Waals surface area contributed by atoms with Crippen molar-refractivity contribution in [1.29, 1.82) is 0 Å². The molecule has 158 valence electrons. The standard InChI is InChI=1S/C23H26N2O4S/c1-14-9-16-17(25-18-11-23(2,3)12-19(26)22(16)18)10-21(14)30(27,28)24-13-15-7-5-6-8-20(15)29-4/h5-10,24-25H,11-13H2,1-4H3. The summed E-state index contributed by atoms with van der Waals surface area (Å²) in [5.41, 5.74) is 3.53. The van der Waals surface area contributed by atoms with Crippen molar-refractivity contribution >= 4 is 26.7 Å². The number of aryl methyl sites for hydroxylation is 1. The first kappa shape index (κ1) is 20.6. The Morgan fingerprint density at radius 2 is 1.90 bits per heavy atom. The molecule has 30 heavy (non-hydrogen) atoms. The largest absolute Gasteiger partial charge is 0.496 e. The van der Waals surface area contributed by atoms with Crippen LogP contribution in [0.1, 0.15) is 47.4 Å². The van der Waals surface area contributed by atoms with Crippen LogP contribution in [0.2, 0.25) is 0 Å². The zero-order chi connectivity index (χ0) is 21.7. The summed E-state index contributed by atoms with van der Waals surface area (Å²) in [4.78, 5) is 16.2. The number of benzene rings is 2. The third kappa shape index (κ3) is 3.63. The number of sulfonamides is 1. The van der Waals surface area contributed by atoms with E-state index >= 15 is 0 Å². The molecule has 1 heterocycles. The zero-order valence-electron chi connectivity index (χ0n) is 17.6. The van der Waals surface area contributed by atoms with E-state index < -0.39 is 10.0 Å². The molecule has 1 aliphatic carbocycles. The Balaban J connectivity index is 1.70. The van der Waals surface area contributed by atoms with Gasteiger partial charge in [-0.1, -0.05) is 32.0 Å². The van der Waals surface area contributed by atoms with Gasteiger partial charge in [0.1, 0.15) is 5.75 Å². The van der Waals surface area contributed by atoms with E-state index in [-0.39, 0.29) is 22.6 Å². The third-order valence-electron chi connectivity index (χ3n) is 5.68. The van der Waals surface area contributed by atoms with Crippen molar-refractivity contribution in [3.63, 3.8) is 0 Å². The van der Waals surface area contributed by atoms with Crippen LogP contribution in [0, 0.1) is 12.3 Å². The highest BCUT2D eigenvalue weighted by Crippen LogP contribution is 2.39. The van der Waals surface area contributed by atoms with Crippen LogP contribution in [-0.4, -0.2) is 26.3 Å². The Labute approximate surface area is 176 Å². The van der Waals surface area contributed by atoms with Gasteiger partial charge >= 0.3 is 0 Å².